The summed E-state index contributed by atoms with van der Waals surface area (Å²) < 4.78 is 11.7. The van der Waals surface area contributed by atoms with Gasteiger partial charge in [0.05, 0.1) is 30.6 Å². The number of aromatic hydroxyl groups is 1. The van der Waals surface area contributed by atoms with Gasteiger partial charge in [0.1, 0.15) is 16.4 Å². The molecule has 2 aliphatic rings. The molecule has 4 rings (SSSR count). The van der Waals surface area contributed by atoms with Gasteiger partial charge in [-0.05, 0) is 37.8 Å². The van der Waals surface area contributed by atoms with Crippen molar-refractivity contribution < 1.29 is 19.1 Å². The Morgan fingerprint density at radius 1 is 1.26 bits per heavy atom. The van der Waals surface area contributed by atoms with Crippen LogP contribution in [0.2, 0.25) is 0 Å². The lowest BCUT2D eigenvalue weighted by molar-refractivity contribution is 0.0829. The van der Waals surface area contributed by atoms with Gasteiger partial charge in [-0.1, -0.05) is 12.8 Å². The number of furan rings is 1. The smallest absolute Gasteiger partial charge is 0.267 e. The lowest BCUT2D eigenvalue weighted by Crippen LogP contribution is -2.32. The highest BCUT2D eigenvalue weighted by atomic mass is 32.1. The maximum absolute atomic E-state index is 12.3. The van der Waals surface area contributed by atoms with E-state index in [4.69, 9.17) is 9.15 Å². The highest BCUT2D eigenvalue weighted by Gasteiger charge is 2.30. The topological polar surface area (TPSA) is 87.0 Å². The third-order valence-corrected chi connectivity index (χ3v) is 6.98. The van der Waals surface area contributed by atoms with Gasteiger partial charge in [-0.2, -0.15) is 0 Å². The number of hydrogen-bond donors (Lipinski definition) is 3. The van der Waals surface area contributed by atoms with Crippen molar-refractivity contribution in [2.75, 3.05) is 32.6 Å². The monoisotopic (exact) mass is 445 g/mol. The van der Waals surface area contributed by atoms with Gasteiger partial charge >= 0.3 is 0 Å². The van der Waals surface area contributed by atoms with Crippen molar-refractivity contribution in [3.8, 4) is 5.75 Å². The van der Waals surface area contributed by atoms with Gasteiger partial charge in [-0.15, -0.1) is 11.3 Å². The van der Waals surface area contributed by atoms with E-state index in [0.29, 0.717) is 29.7 Å². The zero-order chi connectivity index (χ0) is 22.0. The maximum atomic E-state index is 12.3. The zero-order valence-electron chi connectivity index (χ0n) is 18.4. The summed E-state index contributed by atoms with van der Waals surface area (Å²) in [6.45, 7) is 3.03. The molecule has 1 amide bonds. The lowest BCUT2D eigenvalue weighted by Gasteiger charge is -2.29. The SMILES string of the molecule is Cc1ccc(C(NC2=C(Nc3csc(C(=O)N(C)C)c3O)COCC2)C2CCCC2)o1. The van der Waals surface area contributed by atoms with Crippen LogP contribution >= 0.6 is 11.3 Å². The number of anilines is 1. The molecule has 0 aromatic carbocycles. The molecular formula is C23H31N3O4S. The van der Waals surface area contributed by atoms with Gasteiger partial charge in [0.2, 0.25) is 0 Å². The van der Waals surface area contributed by atoms with Crippen molar-refractivity contribution in [1.29, 1.82) is 0 Å². The number of nitrogens with one attached hydrogen (secondary N) is 2. The molecule has 1 unspecified atom stereocenters. The van der Waals surface area contributed by atoms with E-state index in [-0.39, 0.29) is 17.7 Å². The molecule has 31 heavy (non-hydrogen) atoms. The van der Waals surface area contributed by atoms with Crippen molar-refractivity contribution >= 4 is 22.9 Å². The Hall–Kier alpha value is -2.45. The van der Waals surface area contributed by atoms with Crippen molar-refractivity contribution in [2.45, 2.75) is 45.1 Å². The molecule has 168 valence electrons. The third kappa shape index (κ3) is 4.75. The Bertz CT molecular complexity index is 956. The quantitative estimate of drug-likeness (QED) is 0.576. The van der Waals surface area contributed by atoms with Crippen LogP contribution < -0.4 is 10.6 Å². The lowest BCUT2D eigenvalue weighted by atomic mass is 9.95. The molecule has 2 aromatic heterocycles. The van der Waals surface area contributed by atoms with Gasteiger partial charge in [-0.25, -0.2) is 0 Å². The average molecular weight is 446 g/mol. The minimum absolute atomic E-state index is 0.0184. The van der Waals surface area contributed by atoms with E-state index in [0.717, 1.165) is 29.3 Å². The Balaban J connectivity index is 1.59. The van der Waals surface area contributed by atoms with Crippen molar-refractivity contribution in [3.63, 3.8) is 0 Å². The normalized spacial score (nSPS) is 18.3. The average Bonchev–Trinajstić information content (AvgIpc) is 3.50. The molecule has 7 nitrogen and oxygen atoms in total. The van der Waals surface area contributed by atoms with Gasteiger partial charge in [0.25, 0.3) is 5.91 Å². The largest absolute Gasteiger partial charge is 0.504 e. The molecule has 1 fully saturated rings. The molecule has 0 bridgehead atoms. The van der Waals surface area contributed by atoms with Gasteiger partial charge < -0.3 is 29.8 Å². The van der Waals surface area contributed by atoms with Gasteiger partial charge in [0, 0.05) is 31.6 Å². The molecule has 0 saturated heterocycles. The van der Waals surface area contributed by atoms with Crippen LogP contribution in [0.25, 0.3) is 0 Å². The van der Waals surface area contributed by atoms with E-state index in [1.165, 1.54) is 41.9 Å². The molecule has 1 aliphatic heterocycles. The molecule has 1 saturated carbocycles. The molecule has 3 heterocycles. The molecule has 0 radical (unpaired) electrons. The summed E-state index contributed by atoms with van der Waals surface area (Å²) in [5.74, 6) is 2.19. The molecule has 0 spiro atoms. The Kier molecular flexibility index (Phi) is 6.57. The van der Waals surface area contributed by atoms with Crippen LogP contribution in [0.4, 0.5) is 5.69 Å². The molecular weight excluding hydrogens is 414 g/mol. The zero-order valence-corrected chi connectivity index (χ0v) is 19.2. The third-order valence-electron chi connectivity index (χ3n) is 6.03. The minimum atomic E-state index is -0.211. The summed E-state index contributed by atoms with van der Waals surface area (Å²) in [5, 5.41) is 19.4. The van der Waals surface area contributed by atoms with E-state index in [1.807, 2.05) is 13.0 Å². The Morgan fingerprint density at radius 3 is 2.71 bits per heavy atom. The fraction of sp³-hybridized carbons (Fsp3) is 0.522. The number of rotatable bonds is 7. The number of nitrogens with zero attached hydrogens (tertiary/aromatic N) is 1. The molecule has 2 aromatic rings. The number of amides is 1. The summed E-state index contributed by atoms with van der Waals surface area (Å²) in [5.41, 5.74) is 2.49. The van der Waals surface area contributed by atoms with Crippen LogP contribution in [0.3, 0.4) is 0 Å². The highest BCUT2D eigenvalue weighted by Crippen LogP contribution is 2.39. The molecule has 8 heteroatoms. The molecule has 1 aliphatic carbocycles. The molecule has 3 N–H and O–H groups in total. The second-order valence-corrected chi connectivity index (χ2v) is 9.41. The van der Waals surface area contributed by atoms with Crippen molar-refractivity contribution in [2.24, 2.45) is 5.92 Å². The summed E-state index contributed by atoms with van der Waals surface area (Å²) in [4.78, 5) is 14.1. The Labute approximate surface area is 187 Å². The second kappa shape index (κ2) is 9.36. The first-order valence-electron chi connectivity index (χ1n) is 10.9. The summed E-state index contributed by atoms with van der Waals surface area (Å²) in [7, 11) is 3.35. The van der Waals surface area contributed by atoms with Crippen molar-refractivity contribution in [3.05, 3.63) is 45.3 Å². The standard InChI is InChI=1S/C23H31N3O4S/c1-14-8-9-19(30-14)20(15-6-4-5-7-15)25-16-10-11-29-12-17(16)24-18-13-31-22(21(18)27)23(28)26(2)3/h8-9,13,15,20,24-25,27H,4-7,10-12H2,1-3H3. The first kappa shape index (κ1) is 21.8. The number of thiophene rings is 1. The number of hydrogen-bond acceptors (Lipinski definition) is 7. The number of carbonyl (C=O) groups is 1. The van der Waals surface area contributed by atoms with Crippen molar-refractivity contribution in [1.82, 2.24) is 10.2 Å². The number of aryl methyl sites for hydroxylation is 1. The summed E-state index contributed by atoms with van der Waals surface area (Å²) in [6.07, 6.45) is 5.62. The van der Waals surface area contributed by atoms with Crippen LogP contribution in [0.15, 0.2) is 33.3 Å². The fourth-order valence-corrected chi connectivity index (χ4v) is 5.25. The predicted octanol–water partition coefficient (Wildman–Crippen LogP) is 4.62. The molecule has 1 atom stereocenters. The number of ether oxygens (including phenoxy) is 1. The van der Waals surface area contributed by atoms with Crippen LogP contribution in [-0.4, -0.2) is 43.2 Å². The van der Waals surface area contributed by atoms with E-state index in [1.54, 1.807) is 19.5 Å². The van der Waals surface area contributed by atoms with Crippen LogP contribution in [0.5, 0.6) is 5.75 Å². The maximum Gasteiger partial charge on any atom is 0.267 e. The Morgan fingerprint density at radius 2 is 2.03 bits per heavy atom. The second-order valence-electron chi connectivity index (χ2n) is 8.53. The van der Waals surface area contributed by atoms with E-state index >= 15 is 0 Å². The fourth-order valence-electron chi connectivity index (χ4n) is 4.34. The first-order chi connectivity index (χ1) is 14.9. The minimum Gasteiger partial charge on any atom is -0.504 e. The van der Waals surface area contributed by atoms with E-state index < -0.39 is 0 Å². The highest BCUT2D eigenvalue weighted by molar-refractivity contribution is 7.13. The number of carbonyl (C=O) groups excluding carboxylic acids is 1. The predicted molar refractivity (Wildman–Crippen MR) is 121 cm³/mol. The van der Waals surface area contributed by atoms with Gasteiger partial charge in [0.15, 0.2) is 5.75 Å². The summed E-state index contributed by atoms with van der Waals surface area (Å²) in [6, 6.07) is 4.20. The first-order valence-corrected chi connectivity index (χ1v) is 11.7. The van der Waals surface area contributed by atoms with Gasteiger partial charge in [-0.3, -0.25) is 4.79 Å². The van der Waals surface area contributed by atoms with Crippen LogP contribution in [0.1, 0.15) is 59.3 Å². The summed E-state index contributed by atoms with van der Waals surface area (Å²) >= 11 is 1.23. The van der Waals surface area contributed by atoms with Crippen LogP contribution in [0, 0.1) is 12.8 Å². The van der Waals surface area contributed by atoms with E-state index in [2.05, 4.69) is 16.7 Å². The van der Waals surface area contributed by atoms with E-state index in [9.17, 15) is 9.90 Å². The van der Waals surface area contributed by atoms with Crippen LogP contribution in [-0.2, 0) is 4.74 Å².